The molecule has 0 saturated heterocycles. The number of hydrogen-bond acceptors (Lipinski definition) is 3. The molecule has 0 aromatic heterocycles. The molecule has 3 aromatic carbocycles. The van der Waals surface area contributed by atoms with Gasteiger partial charge in [0.15, 0.2) is 11.6 Å². The van der Waals surface area contributed by atoms with Crippen LogP contribution in [-0.2, 0) is 16.0 Å². The second-order valence-corrected chi connectivity index (χ2v) is 7.15. The van der Waals surface area contributed by atoms with E-state index >= 15 is 0 Å². The molecule has 0 spiro atoms. The Morgan fingerprint density at radius 2 is 1.34 bits per heavy atom. The topological polar surface area (TPSA) is 49.4 Å². The standard InChI is InChI=1S/C24H16F4N2O2/c25-16-5-1-14(2-6-16)11-12-30-23(31)21(15-3-7-17(26)8-4-15)22(24(30)32)29-18-9-10-19(27)20(28)13-18/h1-10,13,29H,11-12H2. The van der Waals surface area contributed by atoms with E-state index in [2.05, 4.69) is 5.32 Å². The normalized spacial score (nSPS) is 13.8. The monoisotopic (exact) mass is 440 g/mol. The van der Waals surface area contributed by atoms with E-state index in [0.29, 0.717) is 5.56 Å². The minimum atomic E-state index is -1.12. The highest BCUT2D eigenvalue weighted by Gasteiger charge is 2.39. The van der Waals surface area contributed by atoms with Crippen molar-refractivity contribution in [2.45, 2.75) is 6.42 Å². The van der Waals surface area contributed by atoms with Crippen molar-refractivity contribution in [3.63, 3.8) is 0 Å². The molecule has 1 N–H and O–H groups in total. The average Bonchev–Trinajstić information content (AvgIpc) is 3.00. The van der Waals surface area contributed by atoms with E-state index in [1.807, 2.05) is 0 Å². The summed E-state index contributed by atoms with van der Waals surface area (Å²) in [5.74, 6) is -4.38. The van der Waals surface area contributed by atoms with Crippen LogP contribution in [-0.4, -0.2) is 23.3 Å². The van der Waals surface area contributed by atoms with Gasteiger partial charge < -0.3 is 5.32 Å². The first-order chi connectivity index (χ1) is 15.3. The number of halogens is 4. The smallest absolute Gasteiger partial charge is 0.278 e. The van der Waals surface area contributed by atoms with Crippen LogP contribution in [0.5, 0.6) is 0 Å². The van der Waals surface area contributed by atoms with Crippen LogP contribution in [0.4, 0.5) is 23.2 Å². The zero-order chi connectivity index (χ0) is 22.8. The largest absolute Gasteiger partial charge is 0.350 e. The van der Waals surface area contributed by atoms with Crippen LogP contribution in [0.1, 0.15) is 11.1 Å². The minimum absolute atomic E-state index is 0.0109. The van der Waals surface area contributed by atoms with Crippen molar-refractivity contribution in [1.29, 1.82) is 0 Å². The van der Waals surface area contributed by atoms with E-state index < -0.39 is 35.1 Å². The van der Waals surface area contributed by atoms with Crippen molar-refractivity contribution in [1.82, 2.24) is 4.90 Å². The van der Waals surface area contributed by atoms with Gasteiger partial charge in [-0.1, -0.05) is 24.3 Å². The lowest BCUT2D eigenvalue weighted by Crippen LogP contribution is -2.34. The number of nitrogens with one attached hydrogen (secondary N) is 1. The Morgan fingerprint density at radius 3 is 1.97 bits per heavy atom. The maximum Gasteiger partial charge on any atom is 0.278 e. The van der Waals surface area contributed by atoms with E-state index in [-0.39, 0.29) is 29.9 Å². The lowest BCUT2D eigenvalue weighted by atomic mass is 10.0. The lowest BCUT2D eigenvalue weighted by Gasteiger charge is -2.15. The van der Waals surface area contributed by atoms with Crippen LogP contribution < -0.4 is 5.32 Å². The molecule has 4 nitrogen and oxygen atoms in total. The Morgan fingerprint density at radius 1 is 0.719 bits per heavy atom. The predicted octanol–water partition coefficient (Wildman–Crippen LogP) is 4.68. The molecule has 3 aromatic rings. The molecular weight excluding hydrogens is 424 g/mol. The molecule has 0 unspecified atom stereocenters. The van der Waals surface area contributed by atoms with Crippen molar-refractivity contribution in [2.75, 3.05) is 11.9 Å². The number of amides is 2. The van der Waals surface area contributed by atoms with E-state index in [1.54, 1.807) is 12.1 Å². The summed E-state index contributed by atoms with van der Waals surface area (Å²) in [5.41, 5.74) is 0.932. The predicted molar refractivity (Wildman–Crippen MR) is 110 cm³/mol. The molecule has 1 aliphatic rings. The first kappa shape index (κ1) is 21.3. The fourth-order valence-electron chi connectivity index (χ4n) is 3.39. The molecule has 0 atom stereocenters. The van der Waals surface area contributed by atoms with Crippen molar-refractivity contribution in [2.24, 2.45) is 0 Å². The number of anilines is 1. The Kier molecular flexibility index (Phi) is 5.77. The Labute approximate surface area is 180 Å². The van der Waals surface area contributed by atoms with Crippen LogP contribution >= 0.6 is 0 Å². The molecule has 0 fully saturated rings. The quantitative estimate of drug-likeness (QED) is 0.448. The van der Waals surface area contributed by atoms with Gasteiger partial charge in [-0.25, -0.2) is 17.6 Å². The van der Waals surface area contributed by atoms with Gasteiger partial charge in [-0.05, 0) is 53.9 Å². The zero-order valence-electron chi connectivity index (χ0n) is 16.5. The molecule has 4 rings (SSSR count). The minimum Gasteiger partial charge on any atom is -0.350 e. The Bertz CT molecular complexity index is 1220. The summed E-state index contributed by atoms with van der Waals surface area (Å²) in [7, 11) is 0. The third-order valence-corrected chi connectivity index (χ3v) is 5.03. The Hall–Kier alpha value is -3.94. The number of benzene rings is 3. The molecular formula is C24H16F4N2O2. The molecule has 0 aliphatic carbocycles. The van der Waals surface area contributed by atoms with Crippen LogP contribution in [0.15, 0.2) is 72.4 Å². The maximum atomic E-state index is 13.6. The van der Waals surface area contributed by atoms with Gasteiger partial charge in [-0.15, -0.1) is 0 Å². The van der Waals surface area contributed by atoms with Gasteiger partial charge in [0.05, 0.1) is 5.57 Å². The number of nitrogens with zero attached hydrogens (tertiary/aromatic N) is 1. The molecule has 0 saturated carbocycles. The number of imide groups is 1. The van der Waals surface area contributed by atoms with E-state index in [1.165, 1.54) is 30.3 Å². The highest BCUT2D eigenvalue weighted by atomic mass is 19.2. The molecule has 1 heterocycles. The molecule has 8 heteroatoms. The highest BCUT2D eigenvalue weighted by Crippen LogP contribution is 2.31. The number of carbonyl (C=O) groups is 2. The first-order valence-electron chi connectivity index (χ1n) is 9.66. The summed E-state index contributed by atoms with van der Waals surface area (Å²) in [6.07, 6.45) is 0.285. The maximum absolute atomic E-state index is 13.6. The van der Waals surface area contributed by atoms with Gasteiger partial charge in [0.1, 0.15) is 17.3 Å². The van der Waals surface area contributed by atoms with Gasteiger partial charge in [-0.3, -0.25) is 14.5 Å². The summed E-state index contributed by atoms with van der Waals surface area (Å²) < 4.78 is 53.4. The Balaban J connectivity index is 1.66. The molecule has 2 amide bonds. The summed E-state index contributed by atoms with van der Waals surface area (Å²) in [5, 5.41) is 2.71. The molecule has 0 bridgehead atoms. The van der Waals surface area contributed by atoms with Crippen molar-refractivity contribution >= 4 is 23.1 Å². The van der Waals surface area contributed by atoms with Gasteiger partial charge in [0.2, 0.25) is 0 Å². The van der Waals surface area contributed by atoms with Crippen molar-refractivity contribution in [3.8, 4) is 0 Å². The van der Waals surface area contributed by atoms with Gasteiger partial charge in [-0.2, -0.15) is 0 Å². The second-order valence-electron chi connectivity index (χ2n) is 7.15. The van der Waals surface area contributed by atoms with Crippen LogP contribution in [0.2, 0.25) is 0 Å². The SMILES string of the molecule is O=C1C(Nc2ccc(F)c(F)c2)=C(c2ccc(F)cc2)C(=O)N1CCc1ccc(F)cc1. The molecule has 32 heavy (non-hydrogen) atoms. The second kappa shape index (κ2) is 8.66. The molecule has 1 aliphatic heterocycles. The van der Waals surface area contributed by atoms with E-state index in [0.717, 1.165) is 34.7 Å². The lowest BCUT2D eigenvalue weighted by molar-refractivity contribution is -0.136. The average molecular weight is 440 g/mol. The van der Waals surface area contributed by atoms with Gasteiger partial charge in [0.25, 0.3) is 11.8 Å². The first-order valence-corrected chi connectivity index (χ1v) is 9.66. The fourth-order valence-corrected chi connectivity index (χ4v) is 3.39. The van der Waals surface area contributed by atoms with Gasteiger partial charge >= 0.3 is 0 Å². The number of carbonyl (C=O) groups excluding carboxylic acids is 2. The van der Waals surface area contributed by atoms with Crippen molar-refractivity contribution < 1.29 is 27.2 Å². The third-order valence-electron chi connectivity index (χ3n) is 5.03. The summed E-state index contributed by atoms with van der Waals surface area (Å²) >= 11 is 0. The number of hydrogen-bond donors (Lipinski definition) is 1. The molecule has 0 radical (unpaired) electrons. The van der Waals surface area contributed by atoms with E-state index in [4.69, 9.17) is 0 Å². The van der Waals surface area contributed by atoms with E-state index in [9.17, 15) is 27.2 Å². The van der Waals surface area contributed by atoms with Crippen LogP contribution in [0.25, 0.3) is 5.57 Å². The highest BCUT2D eigenvalue weighted by molar-refractivity contribution is 6.36. The van der Waals surface area contributed by atoms with Gasteiger partial charge in [0, 0.05) is 18.3 Å². The fraction of sp³-hybridized carbons (Fsp3) is 0.0833. The summed E-state index contributed by atoms with van der Waals surface area (Å²) in [6, 6.07) is 13.7. The third kappa shape index (κ3) is 4.25. The summed E-state index contributed by atoms with van der Waals surface area (Å²) in [4.78, 5) is 27.2. The van der Waals surface area contributed by atoms with Crippen LogP contribution in [0, 0.1) is 23.3 Å². The number of rotatable bonds is 6. The molecule has 162 valence electrons. The van der Waals surface area contributed by atoms with Crippen LogP contribution in [0.3, 0.4) is 0 Å². The summed E-state index contributed by atoms with van der Waals surface area (Å²) in [6.45, 7) is 0.0109. The zero-order valence-corrected chi connectivity index (χ0v) is 16.5. The van der Waals surface area contributed by atoms with Crippen molar-refractivity contribution in [3.05, 3.63) is 107 Å².